The lowest BCUT2D eigenvalue weighted by atomic mass is 10.2. The monoisotopic (exact) mass is 420 g/mol. The van der Waals surface area contributed by atoms with E-state index in [2.05, 4.69) is 5.32 Å². The molecule has 0 unspecified atom stereocenters. The fourth-order valence-electron chi connectivity index (χ4n) is 2.05. The van der Waals surface area contributed by atoms with Gasteiger partial charge in [-0.1, -0.05) is 40.9 Å². The number of nitrogens with zero attached hydrogens (tertiary/aromatic N) is 1. The molecule has 1 N–H and O–H groups in total. The standard InChI is InChI=1S/C16H15Cl3N2O3S/c1-10-3-5-12(8-14(10)19)21(25(2,23)24)9-16(22)20-15-7-11(17)4-6-13(15)18/h3-8H,9H2,1-2H3,(H,20,22). The fourth-order valence-corrected chi connectivity index (χ4v) is 3.41. The molecule has 0 radical (unpaired) electrons. The summed E-state index contributed by atoms with van der Waals surface area (Å²) in [5.41, 5.74) is 1.40. The predicted molar refractivity (Wildman–Crippen MR) is 103 cm³/mol. The third-order valence-electron chi connectivity index (χ3n) is 3.33. The second-order valence-corrected chi connectivity index (χ2v) is 8.53. The lowest BCUT2D eigenvalue weighted by Crippen LogP contribution is -2.37. The van der Waals surface area contributed by atoms with Gasteiger partial charge in [-0.3, -0.25) is 9.10 Å². The number of amides is 1. The fraction of sp³-hybridized carbons (Fsp3) is 0.188. The zero-order chi connectivity index (χ0) is 18.8. The Morgan fingerprint density at radius 3 is 2.36 bits per heavy atom. The molecular formula is C16H15Cl3N2O3S. The maximum absolute atomic E-state index is 12.3. The summed E-state index contributed by atoms with van der Waals surface area (Å²) in [4.78, 5) is 12.3. The van der Waals surface area contributed by atoms with Crippen molar-refractivity contribution in [3.8, 4) is 0 Å². The maximum Gasteiger partial charge on any atom is 0.245 e. The van der Waals surface area contributed by atoms with Crippen LogP contribution in [0.4, 0.5) is 11.4 Å². The van der Waals surface area contributed by atoms with Gasteiger partial charge in [-0.15, -0.1) is 0 Å². The number of carbonyl (C=O) groups is 1. The van der Waals surface area contributed by atoms with E-state index in [1.165, 1.54) is 18.2 Å². The molecule has 0 bridgehead atoms. The van der Waals surface area contributed by atoms with E-state index in [-0.39, 0.29) is 0 Å². The highest BCUT2D eigenvalue weighted by atomic mass is 35.5. The Kier molecular flexibility index (Phi) is 6.21. The van der Waals surface area contributed by atoms with Crippen molar-refractivity contribution in [2.75, 3.05) is 22.4 Å². The third-order valence-corrected chi connectivity index (χ3v) is 5.45. The van der Waals surface area contributed by atoms with Crippen LogP contribution in [0.1, 0.15) is 5.56 Å². The number of aryl methyl sites for hydroxylation is 1. The van der Waals surface area contributed by atoms with E-state index in [0.29, 0.717) is 26.4 Å². The van der Waals surface area contributed by atoms with Gasteiger partial charge in [0.05, 0.1) is 22.7 Å². The maximum atomic E-state index is 12.3. The molecule has 0 saturated carbocycles. The SMILES string of the molecule is Cc1ccc(N(CC(=O)Nc2cc(Cl)ccc2Cl)S(C)(=O)=O)cc1Cl. The molecule has 134 valence electrons. The molecule has 5 nitrogen and oxygen atoms in total. The summed E-state index contributed by atoms with van der Waals surface area (Å²) in [6.45, 7) is 1.37. The van der Waals surface area contributed by atoms with E-state index in [0.717, 1.165) is 16.1 Å². The van der Waals surface area contributed by atoms with Gasteiger partial charge in [0.25, 0.3) is 0 Å². The number of hydrogen-bond donors (Lipinski definition) is 1. The summed E-state index contributed by atoms with van der Waals surface area (Å²) in [5, 5.41) is 3.65. The molecule has 25 heavy (non-hydrogen) atoms. The van der Waals surface area contributed by atoms with Crippen LogP contribution in [-0.4, -0.2) is 27.1 Å². The van der Waals surface area contributed by atoms with E-state index in [1.54, 1.807) is 25.1 Å². The Labute approximate surface area is 161 Å². The van der Waals surface area contributed by atoms with Gasteiger partial charge in [-0.05, 0) is 42.8 Å². The molecular weight excluding hydrogens is 407 g/mol. The summed E-state index contributed by atoms with van der Waals surface area (Å²) in [5.74, 6) is -0.564. The van der Waals surface area contributed by atoms with Crippen molar-refractivity contribution in [2.45, 2.75) is 6.92 Å². The summed E-state index contributed by atoms with van der Waals surface area (Å²) in [6.07, 6.45) is 1.01. The molecule has 1 amide bonds. The van der Waals surface area contributed by atoms with Gasteiger partial charge in [-0.2, -0.15) is 0 Å². The molecule has 0 spiro atoms. The van der Waals surface area contributed by atoms with Crippen LogP contribution in [0.15, 0.2) is 36.4 Å². The van der Waals surface area contributed by atoms with E-state index in [4.69, 9.17) is 34.8 Å². The Balaban J connectivity index is 2.27. The first-order valence-electron chi connectivity index (χ1n) is 7.06. The van der Waals surface area contributed by atoms with Crippen molar-refractivity contribution in [1.82, 2.24) is 0 Å². The normalized spacial score (nSPS) is 11.2. The number of carbonyl (C=O) groups excluding carboxylic acids is 1. The van der Waals surface area contributed by atoms with Crippen LogP contribution in [0, 0.1) is 6.92 Å². The van der Waals surface area contributed by atoms with Gasteiger partial charge in [-0.25, -0.2) is 8.42 Å². The first-order valence-corrected chi connectivity index (χ1v) is 10.0. The van der Waals surface area contributed by atoms with Crippen molar-refractivity contribution >= 4 is 62.1 Å². The molecule has 0 aromatic heterocycles. The van der Waals surface area contributed by atoms with Gasteiger partial charge in [0.1, 0.15) is 6.54 Å². The Morgan fingerprint density at radius 1 is 1.08 bits per heavy atom. The van der Waals surface area contributed by atoms with E-state index in [1.807, 2.05) is 0 Å². The number of anilines is 2. The van der Waals surface area contributed by atoms with Gasteiger partial charge < -0.3 is 5.32 Å². The first kappa shape index (κ1) is 19.8. The third kappa shape index (κ3) is 5.25. The lowest BCUT2D eigenvalue weighted by molar-refractivity contribution is -0.114. The molecule has 0 heterocycles. The van der Waals surface area contributed by atoms with Crippen LogP contribution in [0.3, 0.4) is 0 Å². The molecule has 9 heteroatoms. The number of sulfonamides is 1. The molecule has 2 aromatic rings. The number of hydrogen-bond acceptors (Lipinski definition) is 3. The second-order valence-electron chi connectivity index (χ2n) is 5.38. The van der Waals surface area contributed by atoms with Crippen LogP contribution in [0.25, 0.3) is 0 Å². The Morgan fingerprint density at radius 2 is 1.76 bits per heavy atom. The molecule has 0 aliphatic carbocycles. The van der Waals surface area contributed by atoms with Crippen molar-refractivity contribution < 1.29 is 13.2 Å². The molecule has 2 aromatic carbocycles. The highest BCUT2D eigenvalue weighted by Crippen LogP contribution is 2.27. The average Bonchev–Trinajstić information content (AvgIpc) is 2.50. The highest BCUT2D eigenvalue weighted by Gasteiger charge is 2.22. The van der Waals surface area contributed by atoms with Crippen molar-refractivity contribution in [2.24, 2.45) is 0 Å². The summed E-state index contributed by atoms with van der Waals surface area (Å²) >= 11 is 17.9. The number of nitrogens with one attached hydrogen (secondary N) is 1. The largest absolute Gasteiger partial charge is 0.323 e. The average molecular weight is 422 g/mol. The Hall–Kier alpha value is -1.47. The first-order chi connectivity index (χ1) is 11.6. The summed E-state index contributed by atoms with van der Waals surface area (Å²) < 4.78 is 25.1. The number of benzene rings is 2. The van der Waals surface area contributed by atoms with Gasteiger partial charge in [0.15, 0.2) is 0 Å². The minimum absolute atomic E-state index is 0.294. The topological polar surface area (TPSA) is 66.5 Å². The second kappa shape index (κ2) is 7.83. The van der Waals surface area contributed by atoms with E-state index < -0.39 is 22.5 Å². The molecule has 0 fully saturated rings. The predicted octanol–water partition coefficient (Wildman–Crippen LogP) is 4.36. The smallest absolute Gasteiger partial charge is 0.245 e. The van der Waals surface area contributed by atoms with Crippen LogP contribution in [0.2, 0.25) is 15.1 Å². The van der Waals surface area contributed by atoms with Crippen LogP contribution < -0.4 is 9.62 Å². The zero-order valence-corrected chi connectivity index (χ0v) is 16.5. The van der Waals surface area contributed by atoms with Gasteiger partial charge in [0.2, 0.25) is 15.9 Å². The minimum atomic E-state index is -3.70. The molecule has 0 atom stereocenters. The van der Waals surface area contributed by atoms with Crippen LogP contribution >= 0.6 is 34.8 Å². The number of rotatable bonds is 5. The van der Waals surface area contributed by atoms with Gasteiger partial charge in [0, 0.05) is 10.0 Å². The van der Waals surface area contributed by atoms with Crippen LogP contribution in [0.5, 0.6) is 0 Å². The molecule has 0 saturated heterocycles. The van der Waals surface area contributed by atoms with Crippen LogP contribution in [-0.2, 0) is 14.8 Å². The molecule has 2 rings (SSSR count). The minimum Gasteiger partial charge on any atom is -0.323 e. The highest BCUT2D eigenvalue weighted by molar-refractivity contribution is 7.92. The molecule has 0 aliphatic heterocycles. The summed E-state index contributed by atoms with van der Waals surface area (Å²) in [6, 6.07) is 9.36. The summed E-state index contributed by atoms with van der Waals surface area (Å²) in [7, 11) is -3.70. The Bertz CT molecular complexity index is 917. The van der Waals surface area contributed by atoms with E-state index >= 15 is 0 Å². The lowest BCUT2D eigenvalue weighted by Gasteiger charge is -2.22. The molecule has 0 aliphatic rings. The quantitative estimate of drug-likeness (QED) is 0.780. The zero-order valence-electron chi connectivity index (χ0n) is 13.4. The van der Waals surface area contributed by atoms with Gasteiger partial charge >= 0.3 is 0 Å². The number of halogens is 3. The van der Waals surface area contributed by atoms with Crippen molar-refractivity contribution in [1.29, 1.82) is 0 Å². The van der Waals surface area contributed by atoms with E-state index in [9.17, 15) is 13.2 Å². The van der Waals surface area contributed by atoms with Crippen molar-refractivity contribution in [3.05, 3.63) is 57.0 Å². The van der Waals surface area contributed by atoms with Crippen molar-refractivity contribution in [3.63, 3.8) is 0 Å².